The molecule has 8 nitrogen and oxygen atoms in total. The number of hydrogen-bond acceptors (Lipinski definition) is 4. The highest BCUT2D eigenvalue weighted by molar-refractivity contribution is 5.99. The monoisotopic (exact) mass is 511 g/mol. The Labute approximate surface area is 223 Å². The van der Waals surface area contributed by atoms with E-state index in [0.717, 1.165) is 28.3 Å². The van der Waals surface area contributed by atoms with Gasteiger partial charge in [0.1, 0.15) is 18.1 Å². The zero-order valence-corrected chi connectivity index (χ0v) is 22.1. The number of aryl methyl sites for hydroxylation is 1. The number of carbonyl (C=O) groups is 2. The number of benzene rings is 3. The average Bonchev–Trinajstić information content (AvgIpc) is 3.24. The van der Waals surface area contributed by atoms with Gasteiger partial charge in [-0.3, -0.25) is 4.79 Å². The number of anilines is 2. The van der Waals surface area contributed by atoms with Crippen LogP contribution >= 0.6 is 0 Å². The van der Waals surface area contributed by atoms with Gasteiger partial charge < -0.3 is 20.3 Å². The maximum atomic E-state index is 13.4. The normalized spacial score (nSPS) is 10.8. The molecule has 196 valence electrons. The molecular formula is C30H33N5O3. The van der Waals surface area contributed by atoms with Gasteiger partial charge in [-0.25, -0.2) is 9.48 Å². The highest BCUT2D eigenvalue weighted by atomic mass is 16.5. The highest BCUT2D eigenvalue weighted by Crippen LogP contribution is 2.33. The van der Waals surface area contributed by atoms with Crippen molar-refractivity contribution in [3.05, 3.63) is 90.6 Å². The Morgan fingerprint density at radius 2 is 1.55 bits per heavy atom. The molecule has 0 bridgehead atoms. The number of nitrogens with one attached hydrogen (secondary N) is 2. The Morgan fingerprint density at radius 1 is 0.921 bits per heavy atom. The molecule has 0 aliphatic heterocycles. The van der Waals surface area contributed by atoms with Gasteiger partial charge in [0.2, 0.25) is 5.91 Å². The third-order valence-electron chi connectivity index (χ3n) is 5.93. The van der Waals surface area contributed by atoms with Gasteiger partial charge in [0.05, 0.1) is 18.5 Å². The quantitative estimate of drug-likeness (QED) is 0.289. The fourth-order valence-corrected chi connectivity index (χ4v) is 4.23. The van der Waals surface area contributed by atoms with Crippen molar-refractivity contribution in [1.82, 2.24) is 14.7 Å². The molecule has 2 N–H and O–H groups in total. The fraction of sp³-hybridized carbons (Fsp3) is 0.233. The molecule has 4 rings (SSSR count). The number of para-hydroxylation sites is 1. The molecule has 3 amide bonds. The summed E-state index contributed by atoms with van der Waals surface area (Å²) in [6.07, 6.45) is 0. The first kappa shape index (κ1) is 26.5. The van der Waals surface area contributed by atoms with E-state index < -0.39 is 0 Å². The van der Waals surface area contributed by atoms with E-state index in [-0.39, 0.29) is 24.4 Å². The van der Waals surface area contributed by atoms with Crippen molar-refractivity contribution in [3.8, 4) is 22.6 Å². The van der Waals surface area contributed by atoms with E-state index in [1.165, 1.54) is 4.90 Å². The van der Waals surface area contributed by atoms with Crippen molar-refractivity contribution in [3.63, 3.8) is 0 Å². The molecule has 8 heteroatoms. The zero-order chi connectivity index (χ0) is 27.1. The number of aromatic nitrogens is 2. The van der Waals surface area contributed by atoms with Gasteiger partial charge in [-0.1, -0.05) is 62.4 Å². The van der Waals surface area contributed by atoms with Gasteiger partial charge in [-0.15, -0.1) is 0 Å². The molecule has 0 spiro atoms. The summed E-state index contributed by atoms with van der Waals surface area (Å²) >= 11 is 0. The molecule has 0 radical (unpaired) electrons. The minimum absolute atomic E-state index is 0.113. The molecule has 0 aliphatic rings. The summed E-state index contributed by atoms with van der Waals surface area (Å²) in [5.74, 6) is 1.12. The van der Waals surface area contributed by atoms with Gasteiger partial charge >= 0.3 is 6.03 Å². The molecule has 1 heterocycles. The third kappa shape index (κ3) is 6.39. The second-order valence-electron chi connectivity index (χ2n) is 9.40. The van der Waals surface area contributed by atoms with E-state index in [9.17, 15) is 9.59 Å². The number of amides is 3. The number of hydrogen-bond donors (Lipinski definition) is 2. The van der Waals surface area contributed by atoms with Crippen LogP contribution in [0.3, 0.4) is 0 Å². The van der Waals surface area contributed by atoms with Crippen molar-refractivity contribution in [2.45, 2.75) is 20.8 Å². The Bertz CT molecular complexity index is 1370. The molecule has 1 aromatic heterocycles. The van der Waals surface area contributed by atoms with Gasteiger partial charge in [0, 0.05) is 17.8 Å². The summed E-state index contributed by atoms with van der Waals surface area (Å²) in [6.45, 7) is 6.25. The summed E-state index contributed by atoms with van der Waals surface area (Å²) in [7, 11) is 1.61. The van der Waals surface area contributed by atoms with Crippen LogP contribution < -0.4 is 15.4 Å². The number of carbonyl (C=O) groups excluding carboxylic acids is 2. The van der Waals surface area contributed by atoms with E-state index in [1.807, 2.05) is 106 Å². The average molecular weight is 512 g/mol. The molecule has 38 heavy (non-hydrogen) atoms. The van der Waals surface area contributed by atoms with E-state index in [0.29, 0.717) is 18.1 Å². The minimum Gasteiger partial charge on any atom is -0.497 e. The Balaban J connectivity index is 1.64. The first-order valence-corrected chi connectivity index (χ1v) is 12.6. The topological polar surface area (TPSA) is 88.5 Å². The number of nitrogens with zero attached hydrogens (tertiary/aromatic N) is 3. The summed E-state index contributed by atoms with van der Waals surface area (Å²) in [5, 5.41) is 10.7. The number of ether oxygens (including phenoxy) is 1. The van der Waals surface area contributed by atoms with Crippen LogP contribution in [0, 0.1) is 12.8 Å². The number of methoxy groups -OCH3 is 1. The van der Waals surface area contributed by atoms with Crippen LogP contribution in [0.15, 0.2) is 84.9 Å². The van der Waals surface area contributed by atoms with Crippen LogP contribution in [0.1, 0.15) is 19.5 Å². The number of rotatable bonds is 9. The van der Waals surface area contributed by atoms with Crippen molar-refractivity contribution < 1.29 is 14.3 Å². The first-order valence-electron chi connectivity index (χ1n) is 12.6. The predicted octanol–water partition coefficient (Wildman–Crippen LogP) is 5.98. The lowest BCUT2D eigenvalue weighted by atomic mass is 10.1. The Hall–Kier alpha value is -4.59. The number of urea groups is 1. The van der Waals surface area contributed by atoms with E-state index in [2.05, 4.69) is 10.6 Å². The van der Waals surface area contributed by atoms with Crippen LogP contribution in [-0.2, 0) is 4.79 Å². The largest absolute Gasteiger partial charge is 0.497 e. The molecule has 0 saturated carbocycles. The van der Waals surface area contributed by atoms with Gasteiger partial charge in [0.25, 0.3) is 0 Å². The maximum Gasteiger partial charge on any atom is 0.322 e. The SMILES string of the molecule is COc1ccc(-n2nc(C)c(-c3ccccc3)c2NC(=O)CN(CC(C)C)C(=O)Nc2ccccc2)cc1. The predicted molar refractivity (Wildman–Crippen MR) is 151 cm³/mol. The van der Waals surface area contributed by atoms with Crippen molar-refractivity contribution in [1.29, 1.82) is 0 Å². The molecule has 0 unspecified atom stereocenters. The molecule has 3 aromatic carbocycles. The third-order valence-corrected chi connectivity index (χ3v) is 5.93. The van der Waals surface area contributed by atoms with E-state index >= 15 is 0 Å². The smallest absolute Gasteiger partial charge is 0.322 e. The summed E-state index contributed by atoms with van der Waals surface area (Å²) in [4.78, 5) is 28.1. The second-order valence-corrected chi connectivity index (χ2v) is 9.40. The lowest BCUT2D eigenvalue weighted by Crippen LogP contribution is -2.42. The van der Waals surface area contributed by atoms with Crippen molar-refractivity contribution >= 4 is 23.4 Å². The highest BCUT2D eigenvalue weighted by Gasteiger charge is 2.23. The second kappa shape index (κ2) is 12.1. The van der Waals surface area contributed by atoms with Crippen LogP contribution in [-0.4, -0.2) is 46.8 Å². The zero-order valence-electron chi connectivity index (χ0n) is 22.1. The van der Waals surface area contributed by atoms with Crippen LogP contribution in [0.25, 0.3) is 16.8 Å². The fourth-order valence-electron chi connectivity index (χ4n) is 4.23. The van der Waals surface area contributed by atoms with Gasteiger partial charge in [-0.05, 0) is 54.8 Å². The molecule has 0 fully saturated rings. The van der Waals surface area contributed by atoms with Crippen LogP contribution in [0.5, 0.6) is 5.75 Å². The van der Waals surface area contributed by atoms with Crippen molar-refractivity contribution in [2.75, 3.05) is 30.8 Å². The lowest BCUT2D eigenvalue weighted by molar-refractivity contribution is -0.116. The molecule has 0 atom stereocenters. The minimum atomic E-state index is -0.330. The molecular weight excluding hydrogens is 478 g/mol. The van der Waals surface area contributed by atoms with Crippen LogP contribution in [0.2, 0.25) is 0 Å². The molecule has 0 saturated heterocycles. The maximum absolute atomic E-state index is 13.4. The van der Waals surface area contributed by atoms with E-state index in [4.69, 9.17) is 9.84 Å². The summed E-state index contributed by atoms with van der Waals surface area (Å²) in [6, 6.07) is 26.1. The standard InChI is InChI=1S/C30H33N5O3/c1-21(2)19-34(30(37)31-24-13-9-6-10-14-24)20-27(36)32-29-28(23-11-7-5-8-12-23)22(3)33-35(29)25-15-17-26(38-4)18-16-25/h5-18,21H,19-20H2,1-4H3,(H,31,37)(H,32,36). The molecule has 0 aliphatic carbocycles. The lowest BCUT2D eigenvalue weighted by Gasteiger charge is -2.24. The molecule has 4 aromatic rings. The van der Waals surface area contributed by atoms with Gasteiger partial charge in [0.15, 0.2) is 0 Å². The van der Waals surface area contributed by atoms with Gasteiger partial charge in [-0.2, -0.15) is 5.10 Å². The Morgan fingerprint density at radius 3 is 2.16 bits per heavy atom. The summed E-state index contributed by atoms with van der Waals surface area (Å²) in [5.41, 5.74) is 3.96. The first-order chi connectivity index (χ1) is 18.4. The summed E-state index contributed by atoms with van der Waals surface area (Å²) < 4.78 is 7.01. The van der Waals surface area contributed by atoms with Crippen molar-refractivity contribution in [2.24, 2.45) is 5.92 Å². The Kier molecular flexibility index (Phi) is 8.43. The van der Waals surface area contributed by atoms with E-state index in [1.54, 1.807) is 11.8 Å². The van der Waals surface area contributed by atoms with Crippen LogP contribution in [0.4, 0.5) is 16.3 Å².